The molecule has 3 rings (SSSR count). The van der Waals surface area contributed by atoms with Gasteiger partial charge < -0.3 is 5.32 Å². The highest BCUT2D eigenvalue weighted by Gasteiger charge is 2.18. The van der Waals surface area contributed by atoms with Crippen molar-refractivity contribution in [3.05, 3.63) is 64.1 Å². The fourth-order valence-electron chi connectivity index (χ4n) is 2.64. The lowest BCUT2D eigenvalue weighted by atomic mass is 10.00. The molecule has 2 aromatic rings. The lowest BCUT2D eigenvalue weighted by molar-refractivity contribution is -0.117. The van der Waals surface area contributed by atoms with Crippen molar-refractivity contribution < 1.29 is 4.79 Å². The molecule has 0 radical (unpaired) electrons. The summed E-state index contributed by atoms with van der Waals surface area (Å²) in [6, 6.07) is 16.1. The van der Waals surface area contributed by atoms with E-state index in [0.29, 0.717) is 6.54 Å². The van der Waals surface area contributed by atoms with E-state index in [1.807, 2.05) is 24.3 Å². The van der Waals surface area contributed by atoms with Crippen molar-refractivity contribution in [3.8, 4) is 0 Å². The van der Waals surface area contributed by atoms with Crippen LogP contribution in [0.25, 0.3) is 0 Å². The van der Waals surface area contributed by atoms with Crippen LogP contribution >= 0.6 is 15.9 Å². The molecule has 1 N–H and O–H groups in total. The van der Waals surface area contributed by atoms with Gasteiger partial charge in [0, 0.05) is 17.6 Å². The molecule has 108 valence electrons. The predicted molar refractivity (Wildman–Crippen MR) is 88.2 cm³/mol. The molecular weight excluding hydrogens is 328 g/mol. The van der Waals surface area contributed by atoms with Gasteiger partial charge in [-0.25, -0.2) is 0 Å². The second kappa shape index (κ2) is 6.41. The van der Waals surface area contributed by atoms with Crippen molar-refractivity contribution in [2.24, 2.45) is 0 Å². The van der Waals surface area contributed by atoms with Crippen LogP contribution in [0, 0.1) is 0 Å². The number of rotatable bonds is 3. The Bertz CT molecular complexity index is 657. The smallest absolute Gasteiger partial charge is 0.238 e. The van der Waals surface area contributed by atoms with E-state index in [1.165, 1.54) is 11.1 Å². The molecule has 3 nitrogen and oxygen atoms in total. The standard InChI is InChI=1S/C17H17BrN2O/c18-15-7-3-4-8-16(15)19-17(21)12-20-10-9-13-5-1-2-6-14(13)11-20/h1-8H,9-12H2,(H,19,21). The van der Waals surface area contributed by atoms with Crippen LogP contribution in [0.1, 0.15) is 11.1 Å². The monoisotopic (exact) mass is 344 g/mol. The van der Waals surface area contributed by atoms with Gasteiger partial charge in [0.1, 0.15) is 0 Å². The Morgan fingerprint density at radius 3 is 2.62 bits per heavy atom. The summed E-state index contributed by atoms with van der Waals surface area (Å²) in [4.78, 5) is 14.4. The van der Waals surface area contributed by atoms with Crippen molar-refractivity contribution in [1.82, 2.24) is 4.90 Å². The van der Waals surface area contributed by atoms with E-state index in [2.05, 4.69) is 50.4 Å². The number of carbonyl (C=O) groups is 1. The molecule has 1 amide bonds. The summed E-state index contributed by atoms with van der Waals surface area (Å²) in [5.41, 5.74) is 3.55. The highest BCUT2D eigenvalue weighted by molar-refractivity contribution is 9.10. The molecular formula is C17H17BrN2O. The largest absolute Gasteiger partial charge is 0.324 e. The van der Waals surface area contributed by atoms with Gasteiger partial charge in [-0.3, -0.25) is 9.69 Å². The Hall–Kier alpha value is -1.65. The van der Waals surface area contributed by atoms with Crippen molar-refractivity contribution >= 4 is 27.5 Å². The Balaban J connectivity index is 1.60. The molecule has 1 aliphatic rings. The number of para-hydroxylation sites is 1. The molecule has 0 aliphatic carbocycles. The summed E-state index contributed by atoms with van der Waals surface area (Å²) < 4.78 is 0.905. The van der Waals surface area contributed by atoms with Crippen LogP contribution in [0.5, 0.6) is 0 Å². The number of halogens is 1. The van der Waals surface area contributed by atoms with Gasteiger partial charge in [0.25, 0.3) is 0 Å². The Morgan fingerprint density at radius 2 is 1.81 bits per heavy atom. The zero-order valence-corrected chi connectivity index (χ0v) is 13.3. The Kier molecular flexibility index (Phi) is 4.36. The van der Waals surface area contributed by atoms with Crippen LogP contribution < -0.4 is 5.32 Å². The number of nitrogens with zero attached hydrogens (tertiary/aromatic N) is 1. The second-order valence-corrected chi connectivity index (χ2v) is 6.11. The van der Waals surface area contributed by atoms with Gasteiger partial charge in [0.15, 0.2) is 0 Å². The van der Waals surface area contributed by atoms with E-state index in [-0.39, 0.29) is 5.91 Å². The Morgan fingerprint density at radius 1 is 1.10 bits per heavy atom. The third kappa shape index (κ3) is 3.52. The number of benzene rings is 2. The van der Waals surface area contributed by atoms with Gasteiger partial charge in [-0.1, -0.05) is 36.4 Å². The first kappa shape index (κ1) is 14.3. The van der Waals surface area contributed by atoms with Crippen molar-refractivity contribution in [1.29, 1.82) is 0 Å². The summed E-state index contributed by atoms with van der Waals surface area (Å²) in [6.45, 7) is 2.20. The molecule has 0 fully saturated rings. The van der Waals surface area contributed by atoms with E-state index < -0.39 is 0 Å². The van der Waals surface area contributed by atoms with Gasteiger partial charge in [0.2, 0.25) is 5.91 Å². The van der Waals surface area contributed by atoms with Crippen LogP contribution in [-0.2, 0) is 17.8 Å². The fraction of sp³-hybridized carbons (Fsp3) is 0.235. The van der Waals surface area contributed by atoms with E-state index in [1.54, 1.807) is 0 Å². The highest BCUT2D eigenvalue weighted by Crippen LogP contribution is 2.22. The van der Waals surface area contributed by atoms with Crippen molar-refractivity contribution in [2.75, 3.05) is 18.4 Å². The van der Waals surface area contributed by atoms with Gasteiger partial charge in [-0.15, -0.1) is 0 Å². The molecule has 1 aliphatic heterocycles. The lowest BCUT2D eigenvalue weighted by Gasteiger charge is -2.28. The van der Waals surface area contributed by atoms with Gasteiger partial charge in [0.05, 0.1) is 12.2 Å². The number of nitrogens with one attached hydrogen (secondary N) is 1. The molecule has 0 saturated heterocycles. The molecule has 21 heavy (non-hydrogen) atoms. The van der Waals surface area contributed by atoms with Crippen LogP contribution in [0.15, 0.2) is 53.0 Å². The number of anilines is 1. The van der Waals surface area contributed by atoms with Crippen LogP contribution in [0.4, 0.5) is 5.69 Å². The molecule has 0 bridgehead atoms. The van der Waals surface area contributed by atoms with Crippen LogP contribution in [-0.4, -0.2) is 23.9 Å². The van der Waals surface area contributed by atoms with Gasteiger partial charge in [-0.2, -0.15) is 0 Å². The summed E-state index contributed by atoms with van der Waals surface area (Å²) in [5.74, 6) is 0.0290. The zero-order chi connectivity index (χ0) is 14.7. The highest BCUT2D eigenvalue weighted by atomic mass is 79.9. The zero-order valence-electron chi connectivity index (χ0n) is 11.7. The normalized spacial score (nSPS) is 14.5. The van der Waals surface area contributed by atoms with Crippen molar-refractivity contribution in [3.63, 3.8) is 0 Å². The summed E-state index contributed by atoms with van der Waals surface area (Å²) >= 11 is 3.44. The SMILES string of the molecule is O=C(CN1CCc2ccccc2C1)Nc1ccccc1Br. The summed E-state index contributed by atoms with van der Waals surface area (Å²) in [5, 5.41) is 2.95. The fourth-order valence-corrected chi connectivity index (χ4v) is 3.03. The lowest BCUT2D eigenvalue weighted by Crippen LogP contribution is -2.37. The first-order valence-corrected chi connectivity index (χ1v) is 7.85. The third-order valence-corrected chi connectivity index (χ3v) is 4.42. The summed E-state index contributed by atoms with van der Waals surface area (Å²) in [7, 11) is 0. The molecule has 4 heteroatoms. The quantitative estimate of drug-likeness (QED) is 0.924. The van der Waals surface area contributed by atoms with E-state index in [4.69, 9.17) is 0 Å². The molecule has 0 aromatic heterocycles. The predicted octanol–water partition coefficient (Wildman–Crippen LogP) is 3.45. The van der Waals surface area contributed by atoms with Crippen LogP contribution in [0.2, 0.25) is 0 Å². The second-order valence-electron chi connectivity index (χ2n) is 5.26. The maximum atomic E-state index is 12.2. The van der Waals surface area contributed by atoms with Gasteiger partial charge in [-0.05, 0) is 45.6 Å². The number of hydrogen-bond acceptors (Lipinski definition) is 2. The minimum absolute atomic E-state index is 0.0290. The van der Waals surface area contributed by atoms with E-state index in [9.17, 15) is 4.79 Å². The average Bonchev–Trinajstić information content (AvgIpc) is 2.49. The number of fused-ring (bicyclic) bond motifs is 1. The summed E-state index contributed by atoms with van der Waals surface area (Å²) in [6.07, 6.45) is 1.01. The molecule has 0 atom stereocenters. The number of carbonyl (C=O) groups excluding carboxylic acids is 1. The van der Waals surface area contributed by atoms with E-state index in [0.717, 1.165) is 29.7 Å². The van der Waals surface area contributed by atoms with E-state index >= 15 is 0 Å². The maximum Gasteiger partial charge on any atom is 0.238 e. The molecule has 2 aromatic carbocycles. The first-order chi connectivity index (χ1) is 10.2. The molecule has 0 spiro atoms. The molecule has 0 saturated carbocycles. The third-order valence-electron chi connectivity index (χ3n) is 3.72. The first-order valence-electron chi connectivity index (χ1n) is 7.06. The van der Waals surface area contributed by atoms with Gasteiger partial charge >= 0.3 is 0 Å². The minimum atomic E-state index is 0.0290. The minimum Gasteiger partial charge on any atom is -0.324 e. The number of amides is 1. The molecule has 0 unspecified atom stereocenters. The maximum absolute atomic E-state index is 12.2. The molecule has 1 heterocycles. The van der Waals surface area contributed by atoms with Crippen LogP contribution in [0.3, 0.4) is 0 Å². The van der Waals surface area contributed by atoms with Crippen molar-refractivity contribution in [2.45, 2.75) is 13.0 Å². The number of hydrogen-bond donors (Lipinski definition) is 1. The Labute approximate surface area is 133 Å². The average molecular weight is 345 g/mol. The topological polar surface area (TPSA) is 32.3 Å².